The summed E-state index contributed by atoms with van der Waals surface area (Å²) in [5, 5.41) is 42.4. The Balaban J connectivity index is -0.000000262. The second kappa shape index (κ2) is 33.3. The second-order valence-corrected chi connectivity index (χ2v) is 10.3. The third-order valence-corrected chi connectivity index (χ3v) is 6.04. The van der Waals surface area contributed by atoms with Crippen LogP contribution in [0.2, 0.25) is 0 Å². The van der Waals surface area contributed by atoms with Gasteiger partial charge < -0.3 is 46.3 Å². The first-order chi connectivity index (χ1) is 18.4. The zero-order chi connectivity index (χ0) is 30.5. The number of carboxylic acid groups (broad SMARTS) is 1. The molecule has 0 aliphatic rings. The predicted octanol–water partition coefficient (Wildman–Crippen LogP) is -2.04. The molecule has 15 heteroatoms. The molecule has 0 rings (SSSR count). The molecule has 0 heterocycles. The number of aliphatic carboxylic acids is 1. The SMILES string of the molecule is CCCCCCCCCCCCCCOS(=O)(=O)[O-].NCCCC[C@H](N)C(=O)O.O=C[C@H](O)[C@@H](O)[C@H](O)CO.[Na+]. The Hall–Kier alpha value is -0.230. The summed E-state index contributed by atoms with van der Waals surface area (Å²) in [6.07, 6.45) is 12.1. The zero-order valence-corrected chi connectivity index (χ0v) is 27.2. The summed E-state index contributed by atoms with van der Waals surface area (Å²) in [4.78, 5) is 19.9. The van der Waals surface area contributed by atoms with Crippen LogP contribution < -0.4 is 41.0 Å². The van der Waals surface area contributed by atoms with Crippen molar-refractivity contribution < 1.29 is 81.8 Å². The fourth-order valence-electron chi connectivity index (χ4n) is 3.15. The second-order valence-electron chi connectivity index (χ2n) is 9.22. The number of hydrogen-bond acceptors (Lipinski definition) is 12. The van der Waals surface area contributed by atoms with E-state index >= 15 is 0 Å². The van der Waals surface area contributed by atoms with E-state index in [4.69, 9.17) is 37.0 Å². The molecule has 0 aliphatic heterocycles. The third kappa shape index (κ3) is 37.8. The van der Waals surface area contributed by atoms with Crippen LogP contribution in [-0.2, 0) is 24.2 Å². The molecule has 0 spiro atoms. The van der Waals surface area contributed by atoms with Gasteiger partial charge in [-0.15, -0.1) is 0 Å². The molecular formula is C25H53N2NaO11S. The van der Waals surface area contributed by atoms with E-state index < -0.39 is 47.3 Å². The van der Waals surface area contributed by atoms with Crippen molar-refractivity contribution in [3.8, 4) is 0 Å². The van der Waals surface area contributed by atoms with Crippen molar-refractivity contribution in [3.63, 3.8) is 0 Å². The zero-order valence-electron chi connectivity index (χ0n) is 24.4. The number of carbonyl (C=O) groups is 2. The van der Waals surface area contributed by atoms with Gasteiger partial charge in [0.05, 0.1) is 13.2 Å². The number of rotatable bonds is 23. The molecule has 0 saturated heterocycles. The van der Waals surface area contributed by atoms with Crippen LogP contribution >= 0.6 is 0 Å². The number of nitrogens with two attached hydrogens (primary N) is 2. The summed E-state index contributed by atoms with van der Waals surface area (Å²) in [7, 11) is -4.49. The van der Waals surface area contributed by atoms with Crippen molar-refractivity contribution in [3.05, 3.63) is 0 Å². The molecule has 0 saturated carbocycles. The Kier molecular flexibility index (Phi) is 38.9. The predicted molar refractivity (Wildman–Crippen MR) is 146 cm³/mol. The van der Waals surface area contributed by atoms with E-state index in [1.165, 1.54) is 57.8 Å². The summed E-state index contributed by atoms with van der Waals surface area (Å²) in [6, 6.07) is -0.716. The first-order valence-corrected chi connectivity index (χ1v) is 15.1. The smallest absolute Gasteiger partial charge is 0.726 e. The van der Waals surface area contributed by atoms with Gasteiger partial charge >= 0.3 is 35.5 Å². The van der Waals surface area contributed by atoms with Crippen molar-refractivity contribution in [2.24, 2.45) is 11.5 Å². The van der Waals surface area contributed by atoms with Crippen LogP contribution in [0.25, 0.3) is 0 Å². The van der Waals surface area contributed by atoms with Gasteiger partial charge in [0.25, 0.3) is 0 Å². The minimum Gasteiger partial charge on any atom is -0.726 e. The van der Waals surface area contributed by atoms with Crippen LogP contribution in [0.4, 0.5) is 0 Å². The largest absolute Gasteiger partial charge is 1.00 e. The minimum absolute atomic E-state index is 0. The van der Waals surface area contributed by atoms with Crippen molar-refractivity contribution in [1.82, 2.24) is 0 Å². The van der Waals surface area contributed by atoms with Gasteiger partial charge in [-0.05, 0) is 25.8 Å². The van der Waals surface area contributed by atoms with Crippen LogP contribution in [0.3, 0.4) is 0 Å². The molecule has 0 amide bonds. The number of aliphatic hydroxyl groups is 4. The number of carbonyl (C=O) groups excluding carboxylic acids is 1. The first-order valence-electron chi connectivity index (χ1n) is 13.8. The molecular weight excluding hydrogens is 559 g/mol. The molecule has 4 atom stereocenters. The molecule has 0 aromatic heterocycles. The maximum atomic E-state index is 10.2. The number of carboxylic acids is 1. The van der Waals surface area contributed by atoms with Crippen LogP contribution in [0.15, 0.2) is 0 Å². The normalized spacial score (nSPS) is 13.8. The Morgan fingerprint density at radius 1 is 0.900 bits per heavy atom. The van der Waals surface area contributed by atoms with E-state index in [1.54, 1.807) is 0 Å². The molecule has 0 aliphatic carbocycles. The van der Waals surface area contributed by atoms with Crippen LogP contribution in [0.5, 0.6) is 0 Å². The quantitative estimate of drug-likeness (QED) is 0.0216. The fourth-order valence-corrected chi connectivity index (χ4v) is 3.47. The van der Waals surface area contributed by atoms with Gasteiger partial charge in [-0.2, -0.15) is 0 Å². The van der Waals surface area contributed by atoms with Gasteiger partial charge in [0.15, 0.2) is 6.29 Å². The van der Waals surface area contributed by atoms with E-state index in [2.05, 4.69) is 11.1 Å². The molecule has 0 radical (unpaired) electrons. The van der Waals surface area contributed by atoms with E-state index in [9.17, 15) is 22.6 Å². The van der Waals surface area contributed by atoms with Gasteiger partial charge in [0.2, 0.25) is 10.4 Å². The summed E-state index contributed by atoms with van der Waals surface area (Å²) in [5.41, 5.74) is 10.4. The van der Waals surface area contributed by atoms with Crippen molar-refractivity contribution in [1.29, 1.82) is 0 Å². The summed E-state index contributed by atoms with van der Waals surface area (Å²) >= 11 is 0. The topological polar surface area (TPSA) is 254 Å². The summed E-state index contributed by atoms with van der Waals surface area (Å²) in [6.45, 7) is 2.18. The maximum absolute atomic E-state index is 10.2. The average molecular weight is 613 g/mol. The number of aldehydes is 1. The minimum atomic E-state index is -4.49. The van der Waals surface area contributed by atoms with Gasteiger partial charge in [-0.1, -0.05) is 84.0 Å². The number of hydrogen-bond donors (Lipinski definition) is 7. The first kappa shape index (κ1) is 46.7. The van der Waals surface area contributed by atoms with Crippen LogP contribution in [-0.4, -0.2) is 94.9 Å². The summed E-state index contributed by atoms with van der Waals surface area (Å²) < 4.78 is 34.6. The Morgan fingerprint density at radius 3 is 1.70 bits per heavy atom. The molecule has 0 aromatic rings. The van der Waals surface area contributed by atoms with Gasteiger partial charge in [0, 0.05) is 0 Å². The van der Waals surface area contributed by atoms with E-state index in [0.29, 0.717) is 19.4 Å². The third-order valence-electron chi connectivity index (χ3n) is 5.58. The molecule has 0 unspecified atom stereocenters. The van der Waals surface area contributed by atoms with E-state index in [0.717, 1.165) is 25.7 Å². The van der Waals surface area contributed by atoms with Gasteiger partial charge in [-0.25, -0.2) is 8.42 Å². The molecule has 0 aromatic carbocycles. The Labute approximate surface area is 262 Å². The Morgan fingerprint density at radius 2 is 1.35 bits per heavy atom. The van der Waals surface area contributed by atoms with Crippen LogP contribution in [0, 0.1) is 0 Å². The van der Waals surface area contributed by atoms with E-state index in [1.807, 2.05) is 0 Å². The molecule has 13 nitrogen and oxygen atoms in total. The average Bonchev–Trinajstić information content (AvgIpc) is 2.90. The standard InChI is InChI=1S/C14H30O4S.C6H14N2O2.C5H10O5.Na/c1-2-3-4-5-6-7-8-9-10-11-12-13-14-18-19(15,16)17;7-4-2-1-3-5(8)6(9)10;6-1-3(8)5(10)4(9)2-7;/h2-14H2,1H3,(H,15,16,17);5H,1-4,7-8H2,(H,9,10);1,3-5,7-10H,2H2;/q;;;+1/p-1/t;5-;3-,4+,5+;/m.00./s1. The number of unbranched alkanes of at least 4 members (excludes halogenated alkanes) is 12. The van der Waals surface area contributed by atoms with Gasteiger partial charge in [-0.3, -0.25) is 8.98 Å². The monoisotopic (exact) mass is 612 g/mol. The van der Waals surface area contributed by atoms with Crippen molar-refractivity contribution in [2.45, 2.75) is 128 Å². The summed E-state index contributed by atoms with van der Waals surface area (Å²) in [5.74, 6) is -0.933. The molecule has 40 heavy (non-hydrogen) atoms. The number of aliphatic hydroxyl groups excluding tert-OH is 4. The van der Waals surface area contributed by atoms with Gasteiger partial charge in [0.1, 0.15) is 24.4 Å². The van der Waals surface area contributed by atoms with Crippen LogP contribution in [0.1, 0.15) is 103 Å². The molecule has 9 N–H and O–H groups in total. The van der Waals surface area contributed by atoms with E-state index in [-0.39, 0.29) is 42.5 Å². The van der Waals surface area contributed by atoms with Crippen molar-refractivity contribution in [2.75, 3.05) is 19.8 Å². The fraction of sp³-hybridized carbons (Fsp3) is 0.920. The Bertz CT molecular complexity index is 661. The molecule has 236 valence electrons. The maximum Gasteiger partial charge on any atom is 1.00 e. The molecule has 0 fully saturated rings. The molecule has 0 bridgehead atoms. The van der Waals surface area contributed by atoms with Crippen molar-refractivity contribution >= 4 is 22.7 Å².